The van der Waals surface area contributed by atoms with Gasteiger partial charge in [0.05, 0.1) is 18.3 Å². The second kappa shape index (κ2) is 8.12. The van der Waals surface area contributed by atoms with E-state index in [1.54, 1.807) is 24.1 Å². The van der Waals surface area contributed by atoms with Gasteiger partial charge in [-0.3, -0.25) is 4.79 Å². The number of ether oxygens (including phenoxy) is 1. The molecule has 0 bridgehead atoms. The third kappa shape index (κ3) is 5.02. The molecule has 0 radical (unpaired) electrons. The van der Waals surface area contributed by atoms with Gasteiger partial charge in [-0.15, -0.1) is 0 Å². The predicted molar refractivity (Wildman–Crippen MR) is 83.7 cm³/mol. The molecule has 0 aromatic heterocycles. The highest BCUT2D eigenvalue weighted by Gasteiger charge is 2.16. The van der Waals surface area contributed by atoms with Crippen LogP contribution < -0.4 is 5.32 Å². The number of carbonyl (C=O) groups excluding carboxylic acids is 1. The average molecular weight is 299 g/mol. The number of carbonyl (C=O) groups is 1. The molecule has 0 aliphatic rings. The van der Waals surface area contributed by atoms with Crippen molar-refractivity contribution in [2.24, 2.45) is 0 Å². The van der Waals surface area contributed by atoms with Crippen molar-refractivity contribution in [2.75, 3.05) is 32.1 Å². The molecule has 0 fully saturated rings. The molecule has 0 unspecified atom stereocenters. The lowest BCUT2D eigenvalue weighted by molar-refractivity contribution is 0.0532. The van der Waals surface area contributed by atoms with Gasteiger partial charge in [-0.25, -0.2) is 0 Å². The minimum Gasteiger partial charge on any atom is -0.385 e. The van der Waals surface area contributed by atoms with Crippen molar-refractivity contribution in [1.29, 1.82) is 0 Å². The standard InChI is InChI=1S/C15H23ClN2O2/c1-5-17-14-7-6-12(16)10-13(14)15(19)18(4)8-9-20-11(2)3/h6-7,10-11,17H,5,8-9H2,1-4H3. The SMILES string of the molecule is CCNc1ccc(Cl)cc1C(=O)N(C)CCOC(C)C. The van der Waals surface area contributed by atoms with Crippen molar-refractivity contribution in [1.82, 2.24) is 4.90 Å². The van der Waals surface area contributed by atoms with Gasteiger partial charge < -0.3 is 15.0 Å². The maximum atomic E-state index is 12.4. The number of halogens is 1. The molecule has 5 heteroatoms. The molecule has 112 valence electrons. The van der Waals surface area contributed by atoms with Crippen molar-refractivity contribution in [3.05, 3.63) is 28.8 Å². The summed E-state index contributed by atoms with van der Waals surface area (Å²) >= 11 is 5.99. The first-order chi connectivity index (χ1) is 9.45. The molecule has 0 heterocycles. The molecule has 1 amide bonds. The van der Waals surface area contributed by atoms with Gasteiger partial charge in [0.15, 0.2) is 0 Å². The first kappa shape index (κ1) is 16.8. The highest BCUT2D eigenvalue weighted by Crippen LogP contribution is 2.22. The zero-order chi connectivity index (χ0) is 15.1. The third-order valence-electron chi connectivity index (χ3n) is 2.80. The fraction of sp³-hybridized carbons (Fsp3) is 0.533. The second-order valence-corrected chi connectivity index (χ2v) is 5.30. The summed E-state index contributed by atoms with van der Waals surface area (Å²) in [4.78, 5) is 14.1. The van der Waals surface area contributed by atoms with Gasteiger partial charge in [0.25, 0.3) is 5.91 Å². The average Bonchev–Trinajstić information content (AvgIpc) is 2.39. The molecule has 1 rings (SSSR count). The van der Waals surface area contributed by atoms with Crippen LogP contribution in [0.5, 0.6) is 0 Å². The van der Waals surface area contributed by atoms with E-state index in [2.05, 4.69) is 5.32 Å². The molecule has 20 heavy (non-hydrogen) atoms. The molecule has 0 saturated carbocycles. The summed E-state index contributed by atoms with van der Waals surface area (Å²) < 4.78 is 5.46. The molecule has 0 aliphatic carbocycles. The number of anilines is 1. The Morgan fingerprint density at radius 1 is 1.45 bits per heavy atom. The van der Waals surface area contributed by atoms with E-state index >= 15 is 0 Å². The second-order valence-electron chi connectivity index (χ2n) is 4.87. The van der Waals surface area contributed by atoms with E-state index < -0.39 is 0 Å². The third-order valence-corrected chi connectivity index (χ3v) is 3.04. The van der Waals surface area contributed by atoms with Gasteiger partial charge >= 0.3 is 0 Å². The van der Waals surface area contributed by atoms with E-state index in [0.29, 0.717) is 23.7 Å². The Bertz CT molecular complexity index is 449. The fourth-order valence-electron chi connectivity index (χ4n) is 1.77. The van der Waals surface area contributed by atoms with Gasteiger partial charge in [0.1, 0.15) is 0 Å². The van der Waals surface area contributed by atoms with Gasteiger partial charge in [0.2, 0.25) is 0 Å². The number of hydrogen-bond donors (Lipinski definition) is 1. The van der Waals surface area contributed by atoms with Crippen LogP contribution in [-0.4, -0.2) is 43.7 Å². The Morgan fingerprint density at radius 3 is 2.75 bits per heavy atom. The molecule has 0 spiro atoms. The van der Waals surface area contributed by atoms with E-state index in [9.17, 15) is 4.79 Å². The van der Waals surface area contributed by atoms with Gasteiger partial charge in [-0.05, 0) is 39.0 Å². The molecular weight excluding hydrogens is 276 g/mol. The molecular formula is C15H23ClN2O2. The largest absolute Gasteiger partial charge is 0.385 e. The van der Waals surface area contributed by atoms with Gasteiger partial charge in [-0.1, -0.05) is 11.6 Å². The van der Waals surface area contributed by atoms with E-state index in [4.69, 9.17) is 16.3 Å². The van der Waals surface area contributed by atoms with Crippen LogP contribution >= 0.6 is 11.6 Å². The smallest absolute Gasteiger partial charge is 0.255 e. The summed E-state index contributed by atoms with van der Waals surface area (Å²) in [6, 6.07) is 5.30. The fourth-order valence-corrected chi connectivity index (χ4v) is 1.94. The van der Waals surface area contributed by atoms with E-state index in [0.717, 1.165) is 12.2 Å². The predicted octanol–water partition coefficient (Wildman–Crippen LogP) is 3.27. The maximum Gasteiger partial charge on any atom is 0.255 e. The summed E-state index contributed by atoms with van der Waals surface area (Å²) in [5.74, 6) is -0.0594. The molecule has 1 aromatic rings. The van der Waals surface area contributed by atoms with Crippen molar-refractivity contribution in [3.63, 3.8) is 0 Å². The lowest BCUT2D eigenvalue weighted by atomic mass is 10.1. The van der Waals surface area contributed by atoms with Crippen LogP contribution in [0.1, 0.15) is 31.1 Å². The molecule has 0 saturated heterocycles. The summed E-state index contributed by atoms with van der Waals surface area (Å²) in [5, 5.41) is 3.73. The van der Waals surface area contributed by atoms with E-state index in [1.807, 2.05) is 26.8 Å². The van der Waals surface area contributed by atoms with Crippen LogP contribution in [-0.2, 0) is 4.74 Å². The van der Waals surface area contributed by atoms with Crippen LogP contribution in [0.3, 0.4) is 0 Å². The van der Waals surface area contributed by atoms with Crippen LogP contribution in [0, 0.1) is 0 Å². The van der Waals surface area contributed by atoms with E-state index in [1.165, 1.54) is 0 Å². The van der Waals surface area contributed by atoms with Crippen molar-refractivity contribution >= 4 is 23.2 Å². The lowest BCUT2D eigenvalue weighted by Gasteiger charge is -2.20. The first-order valence-corrected chi connectivity index (χ1v) is 7.24. The number of likely N-dealkylation sites (N-methyl/N-ethyl adjacent to an activating group) is 1. The Kier molecular flexibility index (Phi) is 6.82. The number of hydrogen-bond acceptors (Lipinski definition) is 3. The minimum absolute atomic E-state index is 0.0594. The number of nitrogens with zero attached hydrogens (tertiary/aromatic N) is 1. The van der Waals surface area contributed by atoms with Crippen LogP contribution in [0.25, 0.3) is 0 Å². The highest BCUT2D eigenvalue weighted by atomic mass is 35.5. The van der Waals surface area contributed by atoms with Gasteiger partial charge in [-0.2, -0.15) is 0 Å². The molecule has 1 aromatic carbocycles. The quantitative estimate of drug-likeness (QED) is 0.840. The number of amides is 1. The van der Waals surface area contributed by atoms with Gasteiger partial charge in [0, 0.05) is 30.8 Å². The summed E-state index contributed by atoms with van der Waals surface area (Å²) in [5.41, 5.74) is 1.39. The number of rotatable bonds is 7. The Balaban J connectivity index is 2.76. The van der Waals surface area contributed by atoms with Crippen LogP contribution in [0.4, 0.5) is 5.69 Å². The van der Waals surface area contributed by atoms with Crippen LogP contribution in [0.15, 0.2) is 18.2 Å². The summed E-state index contributed by atoms with van der Waals surface area (Å²) in [6.07, 6.45) is 0.169. The van der Waals surface area contributed by atoms with Crippen molar-refractivity contribution < 1.29 is 9.53 Å². The molecule has 0 atom stereocenters. The lowest BCUT2D eigenvalue weighted by Crippen LogP contribution is -2.31. The zero-order valence-corrected chi connectivity index (χ0v) is 13.3. The van der Waals surface area contributed by atoms with E-state index in [-0.39, 0.29) is 12.0 Å². The molecule has 1 N–H and O–H groups in total. The maximum absolute atomic E-state index is 12.4. The van der Waals surface area contributed by atoms with Crippen LogP contribution in [0.2, 0.25) is 5.02 Å². The summed E-state index contributed by atoms with van der Waals surface area (Å²) in [7, 11) is 1.77. The Labute approximate surface area is 126 Å². The Morgan fingerprint density at radius 2 is 2.15 bits per heavy atom. The Hall–Kier alpha value is -1.26. The normalized spacial score (nSPS) is 10.7. The highest BCUT2D eigenvalue weighted by molar-refractivity contribution is 6.31. The first-order valence-electron chi connectivity index (χ1n) is 6.86. The van der Waals surface area contributed by atoms with Crippen molar-refractivity contribution in [3.8, 4) is 0 Å². The molecule has 4 nitrogen and oxygen atoms in total. The summed E-state index contributed by atoms with van der Waals surface area (Å²) in [6.45, 7) is 7.77. The molecule has 0 aliphatic heterocycles. The number of benzene rings is 1. The number of nitrogens with one attached hydrogen (secondary N) is 1. The monoisotopic (exact) mass is 298 g/mol. The topological polar surface area (TPSA) is 41.6 Å². The van der Waals surface area contributed by atoms with Crippen molar-refractivity contribution in [2.45, 2.75) is 26.9 Å². The zero-order valence-electron chi connectivity index (χ0n) is 12.6. The minimum atomic E-state index is -0.0594.